The standard InChI is InChI=1S/C19H31NO/c1-4-5-15(2)13-21-14-17-6-8-18(9-7-17)16(3)12-20-19-10-11-19/h6-9,15-16,19-20H,4-5,10-14H2,1-3H3. The van der Waals surface area contributed by atoms with Crippen LogP contribution in [-0.2, 0) is 11.3 Å². The van der Waals surface area contributed by atoms with Gasteiger partial charge in [0.05, 0.1) is 6.61 Å². The molecule has 2 unspecified atom stereocenters. The van der Waals surface area contributed by atoms with Crippen molar-refractivity contribution in [1.29, 1.82) is 0 Å². The normalized spacial score (nSPS) is 17.7. The molecule has 2 atom stereocenters. The summed E-state index contributed by atoms with van der Waals surface area (Å²) in [5, 5.41) is 3.60. The molecule has 21 heavy (non-hydrogen) atoms. The second-order valence-corrected chi connectivity index (χ2v) is 6.73. The third-order valence-electron chi connectivity index (χ3n) is 4.29. The first-order valence-electron chi connectivity index (χ1n) is 8.59. The Kier molecular flexibility index (Phi) is 6.72. The highest BCUT2D eigenvalue weighted by atomic mass is 16.5. The Labute approximate surface area is 130 Å². The lowest BCUT2D eigenvalue weighted by atomic mass is 10.00. The molecule has 1 aliphatic rings. The van der Waals surface area contributed by atoms with E-state index in [0.717, 1.165) is 25.8 Å². The molecule has 0 aliphatic heterocycles. The average molecular weight is 289 g/mol. The molecule has 1 fully saturated rings. The van der Waals surface area contributed by atoms with Gasteiger partial charge in [-0.15, -0.1) is 0 Å². The first-order valence-corrected chi connectivity index (χ1v) is 8.59. The summed E-state index contributed by atoms with van der Waals surface area (Å²) in [5.74, 6) is 1.26. The second-order valence-electron chi connectivity index (χ2n) is 6.73. The fourth-order valence-electron chi connectivity index (χ4n) is 2.65. The SMILES string of the molecule is CCCC(C)COCc1ccc(C(C)CNC2CC2)cc1. The van der Waals surface area contributed by atoms with Crippen molar-refractivity contribution in [2.75, 3.05) is 13.2 Å². The molecule has 0 saturated heterocycles. The van der Waals surface area contributed by atoms with Gasteiger partial charge in [-0.05, 0) is 42.2 Å². The molecule has 1 aromatic carbocycles. The van der Waals surface area contributed by atoms with Crippen molar-refractivity contribution >= 4 is 0 Å². The molecule has 1 aromatic rings. The molecule has 0 heterocycles. The Morgan fingerprint density at radius 3 is 2.52 bits per heavy atom. The van der Waals surface area contributed by atoms with Crippen LogP contribution in [0.3, 0.4) is 0 Å². The van der Waals surface area contributed by atoms with Crippen LogP contribution in [-0.4, -0.2) is 19.2 Å². The molecule has 0 amide bonds. The first kappa shape index (κ1) is 16.5. The van der Waals surface area contributed by atoms with Crippen molar-refractivity contribution in [1.82, 2.24) is 5.32 Å². The molecule has 0 radical (unpaired) electrons. The minimum Gasteiger partial charge on any atom is -0.376 e. The maximum Gasteiger partial charge on any atom is 0.0717 e. The highest BCUT2D eigenvalue weighted by Gasteiger charge is 2.21. The van der Waals surface area contributed by atoms with E-state index in [1.807, 2.05) is 0 Å². The van der Waals surface area contributed by atoms with E-state index >= 15 is 0 Å². The van der Waals surface area contributed by atoms with Crippen molar-refractivity contribution < 1.29 is 4.74 Å². The Balaban J connectivity index is 1.70. The number of nitrogens with one attached hydrogen (secondary N) is 1. The third kappa shape index (κ3) is 6.19. The van der Waals surface area contributed by atoms with Crippen LogP contribution in [0.15, 0.2) is 24.3 Å². The average Bonchev–Trinajstić information content (AvgIpc) is 3.30. The molecular weight excluding hydrogens is 258 g/mol. The number of hydrogen-bond acceptors (Lipinski definition) is 2. The number of rotatable bonds is 10. The van der Waals surface area contributed by atoms with Crippen LogP contribution in [0.2, 0.25) is 0 Å². The summed E-state index contributed by atoms with van der Waals surface area (Å²) in [6.45, 7) is 9.50. The van der Waals surface area contributed by atoms with Crippen molar-refractivity contribution in [3.63, 3.8) is 0 Å². The summed E-state index contributed by atoms with van der Waals surface area (Å²) in [4.78, 5) is 0. The lowest BCUT2D eigenvalue weighted by Gasteiger charge is -2.14. The van der Waals surface area contributed by atoms with E-state index in [0.29, 0.717) is 11.8 Å². The van der Waals surface area contributed by atoms with Gasteiger partial charge < -0.3 is 10.1 Å². The van der Waals surface area contributed by atoms with E-state index in [9.17, 15) is 0 Å². The summed E-state index contributed by atoms with van der Waals surface area (Å²) in [6, 6.07) is 9.74. The van der Waals surface area contributed by atoms with Crippen LogP contribution in [0, 0.1) is 5.92 Å². The molecule has 0 spiro atoms. The van der Waals surface area contributed by atoms with Gasteiger partial charge >= 0.3 is 0 Å². The number of hydrogen-bond donors (Lipinski definition) is 1. The summed E-state index contributed by atoms with van der Waals surface area (Å²) in [5.41, 5.74) is 2.70. The van der Waals surface area contributed by atoms with Gasteiger partial charge in [-0.25, -0.2) is 0 Å². The predicted octanol–water partition coefficient (Wildman–Crippen LogP) is 4.49. The molecule has 0 bridgehead atoms. The van der Waals surface area contributed by atoms with Crippen LogP contribution in [0.4, 0.5) is 0 Å². The second kappa shape index (κ2) is 8.55. The van der Waals surface area contributed by atoms with Gasteiger partial charge in [0.2, 0.25) is 0 Å². The third-order valence-corrected chi connectivity index (χ3v) is 4.29. The van der Waals surface area contributed by atoms with Crippen LogP contribution < -0.4 is 5.32 Å². The molecule has 1 N–H and O–H groups in total. The molecule has 1 aliphatic carbocycles. The zero-order chi connectivity index (χ0) is 15.1. The molecule has 2 heteroatoms. The Hall–Kier alpha value is -0.860. The largest absolute Gasteiger partial charge is 0.376 e. The van der Waals surface area contributed by atoms with Crippen molar-refractivity contribution in [2.45, 2.75) is 65.0 Å². The number of ether oxygens (including phenoxy) is 1. The van der Waals surface area contributed by atoms with E-state index in [-0.39, 0.29) is 0 Å². The highest BCUT2D eigenvalue weighted by molar-refractivity contribution is 5.25. The summed E-state index contributed by atoms with van der Waals surface area (Å²) >= 11 is 0. The van der Waals surface area contributed by atoms with Gasteiger partial charge in [-0.2, -0.15) is 0 Å². The van der Waals surface area contributed by atoms with Gasteiger partial charge in [-0.1, -0.05) is 51.5 Å². The monoisotopic (exact) mass is 289 g/mol. The van der Waals surface area contributed by atoms with Crippen LogP contribution in [0.5, 0.6) is 0 Å². The quantitative estimate of drug-likeness (QED) is 0.685. The summed E-state index contributed by atoms with van der Waals surface area (Å²) < 4.78 is 5.81. The lowest BCUT2D eigenvalue weighted by molar-refractivity contribution is 0.0893. The predicted molar refractivity (Wildman–Crippen MR) is 89.6 cm³/mol. The maximum atomic E-state index is 5.81. The van der Waals surface area contributed by atoms with Gasteiger partial charge in [0.1, 0.15) is 0 Å². The first-order chi connectivity index (χ1) is 10.2. The van der Waals surface area contributed by atoms with Crippen molar-refractivity contribution in [2.24, 2.45) is 5.92 Å². The maximum absolute atomic E-state index is 5.81. The van der Waals surface area contributed by atoms with Gasteiger partial charge in [0.15, 0.2) is 0 Å². The molecule has 0 aromatic heterocycles. The Morgan fingerprint density at radius 1 is 1.19 bits per heavy atom. The van der Waals surface area contributed by atoms with E-state index in [1.165, 1.54) is 36.8 Å². The van der Waals surface area contributed by atoms with E-state index in [4.69, 9.17) is 4.74 Å². The van der Waals surface area contributed by atoms with Gasteiger partial charge in [0.25, 0.3) is 0 Å². The Morgan fingerprint density at radius 2 is 1.90 bits per heavy atom. The smallest absolute Gasteiger partial charge is 0.0717 e. The molecule has 1 saturated carbocycles. The van der Waals surface area contributed by atoms with Crippen LogP contribution >= 0.6 is 0 Å². The fourth-order valence-corrected chi connectivity index (χ4v) is 2.65. The zero-order valence-electron chi connectivity index (χ0n) is 13.9. The molecular formula is C19H31NO. The minimum absolute atomic E-state index is 0.588. The van der Waals surface area contributed by atoms with Crippen LogP contribution in [0.25, 0.3) is 0 Å². The van der Waals surface area contributed by atoms with E-state index in [2.05, 4.69) is 50.4 Å². The van der Waals surface area contributed by atoms with E-state index in [1.54, 1.807) is 0 Å². The van der Waals surface area contributed by atoms with Gasteiger partial charge in [-0.3, -0.25) is 0 Å². The molecule has 2 nitrogen and oxygen atoms in total. The number of benzene rings is 1. The van der Waals surface area contributed by atoms with Gasteiger partial charge in [0, 0.05) is 19.2 Å². The van der Waals surface area contributed by atoms with E-state index < -0.39 is 0 Å². The Bertz CT molecular complexity index is 397. The lowest BCUT2D eigenvalue weighted by Crippen LogP contribution is -2.22. The minimum atomic E-state index is 0.588. The zero-order valence-corrected chi connectivity index (χ0v) is 13.9. The topological polar surface area (TPSA) is 21.3 Å². The highest BCUT2D eigenvalue weighted by Crippen LogP contribution is 2.21. The summed E-state index contributed by atoms with van der Waals surface area (Å²) in [6.07, 6.45) is 5.22. The van der Waals surface area contributed by atoms with Crippen molar-refractivity contribution in [3.05, 3.63) is 35.4 Å². The fraction of sp³-hybridized carbons (Fsp3) is 0.684. The summed E-state index contributed by atoms with van der Waals surface area (Å²) in [7, 11) is 0. The molecule has 2 rings (SSSR count). The van der Waals surface area contributed by atoms with Crippen molar-refractivity contribution in [3.8, 4) is 0 Å². The molecule has 118 valence electrons. The van der Waals surface area contributed by atoms with Crippen LogP contribution in [0.1, 0.15) is 63.5 Å².